The third-order valence-electron chi connectivity index (χ3n) is 4.44. The summed E-state index contributed by atoms with van der Waals surface area (Å²) in [5.74, 6) is -0.594. The first kappa shape index (κ1) is 20.7. The lowest BCUT2D eigenvalue weighted by atomic mass is 9.94. The molecule has 0 spiro atoms. The molecule has 1 aliphatic rings. The Morgan fingerprint density at radius 3 is 2.48 bits per heavy atom. The van der Waals surface area contributed by atoms with Crippen LogP contribution in [0.15, 0.2) is 65.9 Å². The third-order valence-corrected chi connectivity index (χ3v) is 4.74. The maximum absolute atomic E-state index is 12.9. The van der Waals surface area contributed by atoms with Gasteiger partial charge < -0.3 is 14.8 Å². The zero-order valence-electron chi connectivity index (χ0n) is 15.9. The number of thiocarbonyl (C=S) groups is 1. The molecule has 0 fully saturated rings. The average molecular weight is 418 g/mol. The van der Waals surface area contributed by atoms with Crippen molar-refractivity contribution in [3.63, 3.8) is 0 Å². The largest absolute Gasteiger partial charge is 0.463 e. The van der Waals surface area contributed by atoms with Crippen molar-refractivity contribution in [3.8, 4) is 5.75 Å². The Morgan fingerprint density at radius 1 is 1.17 bits per heavy atom. The van der Waals surface area contributed by atoms with Gasteiger partial charge in [0.2, 0.25) is 0 Å². The van der Waals surface area contributed by atoms with E-state index in [1.165, 1.54) is 6.07 Å². The molecule has 0 unspecified atom stereocenters. The van der Waals surface area contributed by atoms with Crippen molar-refractivity contribution < 1.29 is 23.0 Å². The Hall–Kier alpha value is -3.00. The minimum Gasteiger partial charge on any atom is -0.463 e. The fourth-order valence-electron chi connectivity index (χ4n) is 3.26. The minimum atomic E-state index is -3.00. The fourth-order valence-corrected chi connectivity index (χ4v) is 3.62. The molecule has 3 rings (SSSR count). The van der Waals surface area contributed by atoms with E-state index in [0.29, 0.717) is 16.4 Å². The van der Waals surface area contributed by atoms with Crippen LogP contribution in [0.3, 0.4) is 0 Å². The second-order valence-corrected chi connectivity index (χ2v) is 6.58. The second kappa shape index (κ2) is 9.00. The van der Waals surface area contributed by atoms with Gasteiger partial charge >= 0.3 is 12.6 Å². The van der Waals surface area contributed by atoms with Crippen LogP contribution in [0.2, 0.25) is 0 Å². The third kappa shape index (κ3) is 4.37. The van der Waals surface area contributed by atoms with Crippen LogP contribution in [-0.4, -0.2) is 24.3 Å². The van der Waals surface area contributed by atoms with Crippen molar-refractivity contribution in [2.75, 3.05) is 11.5 Å². The molecule has 0 saturated heterocycles. The number of carbonyl (C=O) groups is 1. The first-order valence-electron chi connectivity index (χ1n) is 9.01. The van der Waals surface area contributed by atoms with Gasteiger partial charge in [-0.2, -0.15) is 8.78 Å². The average Bonchev–Trinajstić information content (AvgIpc) is 2.68. The summed E-state index contributed by atoms with van der Waals surface area (Å²) in [6, 6.07) is 14.8. The van der Waals surface area contributed by atoms with E-state index in [2.05, 4.69) is 10.1 Å². The number of anilines is 1. The number of carbonyl (C=O) groups excluding carboxylic acids is 1. The van der Waals surface area contributed by atoms with Crippen LogP contribution in [0, 0.1) is 0 Å². The molecule has 0 saturated carbocycles. The Bertz CT molecular complexity index is 935. The fraction of sp³-hybridized carbons (Fsp3) is 0.238. The zero-order valence-corrected chi connectivity index (χ0v) is 16.7. The van der Waals surface area contributed by atoms with Gasteiger partial charge in [0.1, 0.15) is 5.75 Å². The van der Waals surface area contributed by atoms with E-state index in [9.17, 15) is 13.6 Å². The quantitative estimate of drug-likeness (QED) is 0.548. The number of hydrogen-bond acceptors (Lipinski definition) is 4. The van der Waals surface area contributed by atoms with Crippen molar-refractivity contribution in [1.82, 2.24) is 5.32 Å². The zero-order chi connectivity index (χ0) is 21.0. The molecule has 8 heteroatoms. The number of benzene rings is 2. The van der Waals surface area contributed by atoms with Gasteiger partial charge in [-0.25, -0.2) is 4.79 Å². The minimum absolute atomic E-state index is 0.0365. The molecule has 1 atom stereocenters. The molecule has 0 radical (unpaired) electrons. The summed E-state index contributed by atoms with van der Waals surface area (Å²) in [6.45, 7) is 0.624. The van der Waals surface area contributed by atoms with Gasteiger partial charge in [0.15, 0.2) is 5.11 Å². The SMILES string of the molecule is CCOC(=O)C1=C(C)N(c2ccccc2)C(=S)N[C@@H]1c1ccccc1OC(F)F. The first-order valence-corrected chi connectivity index (χ1v) is 9.42. The molecule has 0 aromatic heterocycles. The molecular formula is C21H20F2N2O3S. The highest BCUT2D eigenvalue weighted by molar-refractivity contribution is 7.80. The van der Waals surface area contributed by atoms with E-state index in [0.717, 1.165) is 5.69 Å². The van der Waals surface area contributed by atoms with Crippen LogP contribution >= 0.6 is 12.2 Å². The highest BCUT2D eigenvalue weighted by Gasteiger charge is 2.36. The molecular weight excluding hydrogens is 398 g/mol. The van der Waals surface area contributed by atoms with Gasteiger partial charge in [-0.1, -0.05) is 36.4 Å². The number of alkyl halides is 2. The van der Waals surface area contributed by atoms with E-state index in [-0.39, 0.29) is 17.9 Å². The van der Waals surface area contributed by atoms with Gasteiger partial charge in [0.05, 0.1) is 18.2 Å². The van der Waals surface area contributed by atoms with Crippen molar-refractivity contribution in [2.24, 2.45) is 0 Å². The van der Waals surface area contributed by atoms with Crippen molar-refractivity contribution in [2.45, 2.75) is 26.5 Å². The lowest BCUT2D eigenvalue weighted by molar-refractivity contribution is -0.139. The summed E-state index contributed by atoms with van der Waals surface area (Å²) in [5.41, 5.74) is 1.95. The number of nitrogens with one attached hydrogen (secondary N) is 1. The van der Waals surface area contributed by atoms with Crippen LogP contribution in [0.1, 0.15) is 25.5 Å². The van der Waals surface area contributed by atoms with Gasteiger partial charge in [0, 0.05) is 16.9 Å². The van der Waals surface area contributed by atoms with Crippen molar-refractivity contribution >= 4 is 29.0 Å². The lowest BCUT2D eigenvalue weighted by Crippen LogP contribution is -2.48. The molecule has 0 bridgehead atoms. The molecule has 2 aromatic rings. The number of nitrogens with zero attached hydrogens (tertiary/aromatic N) is 1. The normalized spacial score (nSPS) is 16.7. The Kier molecular flexibility index (Phi) is 6.43. The number of hydrogen-bond donors (Lipinski definition) is 1. The number of allylic oxidation sites excluding steroid dienone is 1. The molecule has 1 N–H and O–H groups in total. The first-order chi connectivity index (χ1) is 13.9. The summed E-state index contributed by atoms with van der Waals surface area (Å²) < 4.78 is 35.7. The maximum Gasteiger partial charge on any atom is 0.387 e. The summed E-state index contributed by atoms with van der Waals surface area (Å²) in [7, 11) is 0. The number of halogens is 2. The molecule has 0 aliphatic carbocycles. The number of ether oxygens (including phenoxy) is 2. The monoisotopic (exact) mass is 418 g/mol. The molecule has 0 amide bonds. The van der Waals surface area contributed by atoms with E-state index >= 15 is 0 Å². The van der Waals surface area contributed by atoms with Crippen LogP contribution in [-0.2, 0) is 9.53 Å². The standard InChI is InChI=1S/C21H20F2N2O3S/c1-3-27-19(26)17-13(2)25(14-9-5-4-6-10-14)21(29)24-18(17)15-11-7-8-12-16(15)28-20(22)23/h4-12,18,20H,3H2,1-2H3,(H,24,29)/t18-/m1/s1. The Labute approximate surface area is 172 Å². The van der Waals surface area contributed by atoms with Crippen molar-refractivity contribution in [1.29, 1.82) is 0 Å². The van der Waals surface area contributed by atoms with Gasteiger partial charge in [0.25, 0.3) is 0 Å². The lowest BCUT2D eigenvalue weighted by Gasteiger charge is -2.37. The van der Waals surface area contributed by atoms with E-state index in [1.807, 2.05) is 30.3 Å². The predicted octanol–water partition coefficient (Wildman–Crippen LogP) is 4.56. The predicted molar refractivity (Wildman–Crippen MR) is 110 cm³/mol. The van der Waals surface area contributed by atoms with E-state index in [4.69, 9.17) is 17.0 Å². The smallest absolute Gasteiger partial charge is 0.387 e. The van der Waals surface area contributed by atoms with Crippen molar-refractivity contribution in [3.05, 3.63) is 71.4 Å². The summed E-state index contributed by atoms with van der Waals surface area (Å²) in [5, 5.41) is 3.42. The molecule has 152 valence electrons. The Morgan fingerprint density at radius 2 is 1.83 bits per heavy atom. The van der Waals surface area contributed by atoms with Gasteiger partial charge in [-0.3, -0.25) is 4.90 Å². The summed E-state index contributed by atoms with van der Waals surface area (Å²) in [4.78, 5) is 14.5. The van der Waals surface area contributed by atoms with Crippen LogP contribution in [0.25, 0.3) is 0 Å². The summed E-state index contributed by atoms with van der Waals surface area (Å²) >= 11 is 5.54. The van der Waals surface area contributed by atoms with Crippen LogP contribution in [0.4, 0.5) is 14.5 Å². The van der Waals surface area contributed by atoms with Gasteiger partial charge in [-0.15, -0.1) is 0 Å². The maximum atomic E-state index is 12.9. The molecule has 5 nitrogen and oxygen atoms in total. The van der Waals surface area contributed by atoms with Gasteiger partial charge in [-0.05, 0) is 44.3 Å². The number of rotatable bonds is 6. The topological polar surface area (TPSA) is 50.8 Å². The summed E-state index contributed by atoms with van der Waals surface area (Å²) in [6.07, 6.45) is 0. The van der Waals surface area contributed by atoms with Crippen LogP contribution in [0.5, 0.6) is 5.75 Å². The molecule has 1 aliphatic heterocycles. The molecule has 1 heterocycles. The number of esters is 1. The molecule has 29 heavy (non-hydrogen) atoms. The second-order valence-electron chi connectivity index (χ2n) is 6.19. The highest BCUT2D eigenvalue weighted by atomic mass is 32.1. The van der Waals surface area contributed by atoms with E-state index < -0.39 is 18.6 Å². The highest BCUT2D eigenvalue weighted by Crippen LogP contribution is 2.37. The molecule has 2 aromatic carbocycles. The Balaban J connectivity index is 2.14. The van der Waals surface area contributed by atoms with E-state index in [1.54, 1.807) is 36.9 Å². The number of para-hydroxylation sites is 2. The van der Waals surface area contributed by atoms with Crippen LogP contribution < -0.4 is 15.0 Å².